The summed E-state index contributed by atoms with van der Waals surface area (Å²) >= 11 is 12.0. The standard InChI is InChI=1S/C13H8Cl2N2O/c14-7-4-5-11(18)8(6-7)13-16-10-3-1-2-9(15)12(10)17-13/h1-6,18H,(H,16,17). The normalized spacial score (nSPS) is 11.0. The maximum atomic E-state index is 9.83. The number of H-pyrrole nitrogens is 1. The molecule has 2 N–H and O–H groups in total. The number of fused-ring (bicyclic) bond motifs is 1. The molecule has 1 heterocycles. The minimum absolute atomic E-state index is 0.120. The Morgan fingerprint density at radius 1 is 1.11 bits per heavy atom. The fourth-order valence-electron chi connectivity index (χ4n) is 1.82. The lowest BCUT2D eigenvalue weighted by molar-refractivity contribution is 0.477. The maximum Gasteiger partial charge on any atom is 0.142 e. The van der Waals surface area contributed by atoms with Crippen LogP contribution in [0.2, 0.25) is 10.0 Å². The number of para-hydroxylation sites is 1. The summed E-state index contributed by atoms with van der Waals surface area (Å²) in [5, 5.41) is 10.9. The van der Waals surface area contributed by atoms with Gasteiger partial charge in [0, 0.05) is 5.02 Å². The summed E-state index contributed by atoms with van der Waals surface area (Å²) in [6.45, 7) is 0. The van der Waals surface area contributed by atoms with Gasteiger partial charge in [0.05, 0.1) is 16.1 Å². The average Bonchev–Trinajstić information content (AvgIpc) is 2.77. The monoisotopic (exact) mass is 278 g/mol. The zero-order valence-corrected chi connectivity index (χ0v) is 10.6. The number of nitrogens with zero attached hydrogens (tertiary/aromatic N) is 1. The number of halogens is 2. The molecule has 0 saturated carbocycles. The number of phenols is 1. The molecule has 0 bridgehead atoms. The van der Waals surface area contributed by atoms with E-state index in [1.807, 2.05) is 12.1 Å². The number of nitrogens with one attached hydrogen (secondary N) is 1. The summed E-state index contributed by atoms with van der Waals surface area (Å²) in [5.41, 5.74) is 2.04. The van der Waals surface area contributed by atoms with Gasteiger partial charge in [-0.1, -0.05) is 29.3 Å². The molecule has 3 aromatic rings. The molecule has 90 valence electrons. The van der Waals surface area contributed by atoms with Crippen LogP contribution in [-0.4, -0.2) is 15.1 Å². The molecule has 0 fully saturated rings. The van der Waals surface area contributed by atoms with E-state index in [2.05, 4.69) is 9.97 Å². The minimum Gasteiger partial charge on any atom is -0.507 e. The summed E-state index contributed by atoms with van der Waals surface area (Å²) in [5.74, 6) is 0.660. The van der Waals surface area contributed by atoms with Crippen molar-refractivity contribution in [3.05, 3.63) is 46.4 Å². The number of imidazole rings is 1. The lowest BCUT2D eigenvalue weighted by atomic mass is 10.2. The fourth-order valence-corrected chi connectivity index (χ4v) is 2.21. The van der Waals surface area contributed by atoms with Gasteiger partial charge in [-0.15, -0.1) is 0 Å². The Balaban J connectivity index is 2.26. The molecule has 0 atom stereocenters. The van der Waals surface area contributed by atoms with Crippen LogP contribution in [0.4, 0.5) is 0 Å². The molecule has 18 heavy (non-hydrogen) atoms. The highest BCUT2D eigenvalue weighted by atomic mass is 35.5. The molecule has 0 unspecified atom stereocenters. The number of hydrogen-bond donors (Lipinski definition) is 2. The molecule has 2 aromatic carbocycles. The highest BCUT2D eigenvalue weighted by Crippen LogP contribution is 2.32. The Morgan fingerprint density at radius 2 is 1.94 bits per heavy atom. The molecular formula is C13H8Cl2N2O. The summed E-state index contributed by atoms with van der Waals surface area (Å²) in [4.78, 5) is 7.48. The largest absolute Gasteiger partial charge is 0.507 e. The van der Waals surface area contributed by atoms with E-state index >= 15 is 0 Å². The van der Waals surface area contributed by atoms with Crippen LogP contribution in [-0.2, 0) is 0 Å². The van der Waals surface area contributed by atoms with Crippen LogP contribution in [0.5, 0.6) is 5.75 Å². The van der Waals surface area contributed by atoms with Crippen LogP contribution in [0.1, 0.15) is 0 Å². The summed E-state index contributed by atoms with van der Waals surface area (Å²) in [6, 6.07) is 10.3. The van der Waals surface area contributed by atoms with E-state index in [-0.39, 0.29) is 5.75 Å². The van der Waals surface area contributed by atoms with Crippen LogP contribution < -0.4 is 0 Å². The summed E-state index contributed by atoms with van der Waals surface area (Å²) < 4.78 is 0. The average molecular weight is 279 g/mol. The van der Waals surface area contributed by atoms with E-state index in [0.717, 1.165) is 5.52 Å². The Kier molecular flexibility index (Phi) is 2.65. The van der Waals surface area contributed by atoms with E-state index in [0.29, 0.717) is 26.9 Å². The smallest absolute Gasteiger partial charge is 0.142 e. The van der Waals surface area contributed by atoms with Gasteiger partial charge in [-0.25, -0.2) is 4.98 Å². The van der Waals surface area contributed by atoms with Crippen molar-refractivity contribution >= 4 is 34.2 Å². The Bertz CT molecular complexity index is 737. The molecular weight excluding hydrogens is 271 g/mol. The zero-order chi connectivity index (χ0) is 12.7. The van der Waals surface area contributed by atoms with Crippen molar-refractivity contribution in [3.63, 3.8) is 0 Å². The lowest BCUT2D eigenvalue weighted by Gasteiger charge is -2.00. The molecule has 0 aliphatic heterocycles. The fraction of sp³-hybridized carbons (Fsp3) is 0. The molecule has 0 spiro atoms. The highest BCUT2D eigenvalue weighted by Gasteiger charge is 2.11. The van der Waals surface area contributed by atoms with Crippen molar-refractivity contribution in [2.24, 2.45) is 0 Å². The van der Waals surface area contributed by atoms with Crippen LogP contribution in [0.3, 0.4) is 0 Å². The zero-order valence-electron chi connectivity index (χ0n) is 9.11. The van der Waals surface area contributed by atoms with Gasteiger partial charge < -0.3 is 10.1 Å². The number of benzene rings is 2. The van der Waals surface area contributed by atoms with Crippen LogP contribution in [0, 0.1) is 0 Å². The molecule has 5 heteroatoms. The van der Waals surface area contributed by atoms with Gasteiger partial charge in [-0.2, -0.15) is 0 Å². The third kappa shape index (κ3) is 1.82. The lowest BCUT2D eigenvalue weighted by Crippen LogP contribution is -1.81. The van der Waals surface area contributed by atoms with Gasteiger partial charge in [-0.05, 0) is 30.3 Å². The number of aromatic amines is 1. The van der Waals surface area contributed by atoms with E-state index in [1.54, 1.807) is 18.2 Å². The Labute approximate surface area is 113 Å². The quantitative estimate of drug-likeness (QED) is 0.699. The van der Waals surface area contributed by atoms with Crippen molar-refractivity contribution < 1.29 is 5.11 Å². The van der Waals surface area contributed by atoms with Crippen molar-refractivity contribution in [1.29, 1.82) is 0 Å². The summed E-state index contributed by atoms with van der Waals surface area (Å²) in [6.07, 6.45) is 0. The molecule has 0 saturated heterocycles. The first-order chi connectivity index (χ1) is 8.65. The third-order valence-electron chi connectivity index (χ3n) is 2.68. The van der Waals surface area contributed by atoms with Crippen LogP contribution in [0.25, 0.3) is 22.4 Å². The van der Waals surface area contributed by atoms with Crippen molar-refractivity contribution in [2.75, 3.05) is 0 Å². The molecule has 0 aliphatic carbocycles. The van der Waals surface area contributed by atoms with Crippen molar-refractivity contribution in [2.45, 2.75) is 0 Å². The van der Waals surface area contributed by atoms with Gasteiger partial charge in [0.2, 0.25) is 0 Å². The van der Waals surface area contributed by atoms with Gasteiger partial charge >= 0.3 is 0 Å². The van der Waals surface area contributed by atoms with Crippen molar-refractivity contribution in [1.82, 2.24) is 9.97 Å². The number of phenolic OH excluding ortho intramolecular Hbond substituents is 1. The van der Waals surface area contributed by atoms with Gasteiger partial charge in [0.25, 0.3) is 0 Å². The predicted molar refractivity (Wildman–Crippen MR) is 73.2 cm³/mol. The maximum absolute atomic E-state index is 9.83. The van der Waals surface area contributed by atoms with Crippen LogP contribution >= 0.6 is 23.2 Å². The highest BCUT2D eigenvalue weighted by molar-refractivity contribution is 6.35. The predicted octanol–water partition coefficient (Wildman–Crippen LogP) is 4.24. The Hall–Kier alpha value is -1.71. The van der Waals surface area contributed by atoms with E-state index < -0.39 is 0 Å². The van der Waals surface area contributed by atoms with E-state index in [1.165, 1.54) is 6.07 Å². The molecule has 3 nitrogen and oxygen atoms in total. The van der Waals surface area contributed by atoms with Crippen molar-refractivity contribution in [3.8, 4) is 17.1 Å². The number of aromatic hydroxyl groups is 1. The Morgan fingerprint density at radius 3 is 2.72 bits per heavy atom. The molecule has 1 aromatic heterocycles. The second-order valence-corrected chi connectivity index (χ2v) is 4.73. The topological polar surface area (TPSA) is 48.9 Å². The second kappa shape index (κ2) is 4.19. The van der Waals surface area contributed by atoms with Gasteiger partial charge in [-0.3, -0.25) is 0 Å². The number of rotatable bonds is 1. The second-order valence-electron chi connectivity index (χ2n) is 3.88. The van der Waals surface area contributed by atoms with Gasteiger partial charge in [0.15, 0.2) is 0 Å². The van der Waals surface area contributed by atoms with E-state index in [4.69, 9.17) is 23.2 Å². The van der Waals surface area contributed by atoms with Gasteiger partial charge in [0.1, 0.15) is 17.1 Å². The van der Waals surface area contributed by atoms with E-state index in [9.17, 15) is 5.11 Å². The van der Waals surface area contributed by atoms with Crippen LogP contribution in [0.15, 0.2) is 36.4 Å². The third-order valence-corrected chi connectivity index (χ3v) is 3.22. The molecule has 0 aliphatic rings. The molecule has 3 rings (SSSR count). The first-order valence-electron chi connectivity index (χ1n) is 5.28. The number of hydrogen-bond acceptors (Lipinski definition) is 2. The summed E-state index contributed by atoms with van der Waals surface area (Å²) in [7, 11) is 0. The molecule has 0 radical (unpaired) electrons. The number of aromatic nitrogens is 2. The minimum atomic E-state index is 0.120. The molecule has 0 amide bonds. The first-order valence-corrected chi connectivity index (χ1v) is 6.04. The SMILES string of the molecule is Oc1ccc(Cl)cc1-c1nc2c(Cl)cccc2[nH]1. The first kappa shape index (κ1) is 11.4.